The first-order chi connectivity index (χ1) is 15.2. The zero-order valence-electron chi connectivity index (χ0n) is 19.6. The first kappa shape index (κ1) is 23.7. The summed E-state index contributed by atoms with van der Waals surface area (Å²) in [5.41, 5.74) is 2.56. The summed E-state index contributed by atoms with van der Waals surface area (Å²) in [6, 6.07) is 10.6. The Morgan fingerprint density at radius 2 is 1.62 bits per heavy atom. The van der Waals surface area contributed by atoms with E-state index in [1.54, 1.807) is 29.4 Å². The van der Waals surface area contributed by atoms with Crippen molar-refractivity contribution >= 4 is 17.4 Å². The average molecular weight is 436 g/mol. The van der Waals surface area contributed by atoms with Gasteiger partial charge in [0.1, 0.15) is 5.76 Å². The number of rotatable bonds is 7. The molecule has 1 unspecified atom stereocenters. The maximum atomic E-state index is 13.1. The Morgan fingerprint density at radius 1 is 1.03 bits per heavy atom. The summed E-state index contributed by atoms with van der Waals surface area (Å²) in [5.74, 6) is -1.39. The van der Waals surface area contributed by atoms with E-state index >= 15 is 0 Å². The Hall–Kier alpha value is -2.99. The predicted octanol–water partition coefficient (Wildman–Crippen LogP) is 4.14. The van der Waals surface area contributed by atoms with Crippen LogP contribution in [0.1, 0.15) is 57.4 Å². The molecule has 6 heteroatoms. The lowest BCUT2D eigenvalue weighted by Gasteiger charge is -2.28. The summed E-state index contributed by atoms with van der Waals surface area (Å²) in [4.78, 5) is 33.9. The summed E-state index contributed by atoms with van der Waals surface area (Å²) in [5, 5.41) is 11.1. The van der Waals surface area contributed by atoms with Gasteiger partial charge in [-0.2, -0.15) is 0 Å². The summed E-state index contributed by atoms with van der Waals surface area (Å²) in [7, 11) is 0. The van der Waals surface area contributed by atoms with Gasteiger partial charge in [0.2, 0.25) is 0 Å². The highest BCUT2D eigenvalue weighted by Gasteiger charge is 2.46. The van der Waals surface area contributed by atoms with E-state index in [0.29, 0.717) is 18.7 Å². The second kappa shape index (κ2) is 9.65. The highest BCUT2D eigenvalue weighted by atomic mass is 16.3. The molecule has 2 heterocycles. The molecule has 1 atom stereocenters. The molecule has 1 N–H and O–H groups in total. The van der Waals surface area contributed by atoms with Gasteiger partial charge in [-0.3, -0.25) is 14.6 Å². The van der Waals surface area contributed by atoms with Crippen molar-refractivity contribution in [3.05, 3.63) is 71.1 Å². The number of benzene rings is 1. The number of likely N-dealkylation sites (N-methyl/N-ethyl adjacent to an activating group) is 1. The lowest BCUT2D eigenvalue weighted by Crippen LogP contribution is -2.38. The van der Waals surface area contributed by atoms with E-state index in [9.17, 15) is 14.7 Å². The number of hydrogen-bond donors (Lipinski definition) is 1. The number of likely N-dealkylation sites (tertiary alicyclic amines) is 1. The summed E-state index contributed by atoms with van der Waals surface area (Å²) >= 11 is 0. The Morgan fingerprint density at radius 3 is 2.16 bits per heavy atom. The van der Waals surface area contributed by atoms with Gasteiger partial charge in [0.15, 0.2) is 0 Å². The number of aliphatic hydroxyl groups is 1. The van der Waals surface area contributed by atoms with Gasteiger partial charge in [-0.15, -0.1) is 0 Å². The number of Topliss-reactive ketones (excluding diaryl/α,β-unsaturated/α-hetero) is 1. The molecule has 0 bridgehead atoms. The number of carbonyl (C=O) groups excluding carboxylic acids is 2. The van der Waals surface area contributed by atoms with E-state index in [0.717, 1.165) is 24.2 Å². The number of aromatic nitrogens is 1. The third-order valence-corrected chi connectivity index (χ3v) is 6.14. The van der Waals surface area contributed by atoms with Crippen LogP contribution in [0.15, 0.2) is 54.4 Å². The van der Waals surface area contributed by atoms with Gasteiger partial charge >= 0.3 is 0 Å². The Kier molecular flexibility index (Phi) is 7.14. The molecule has 6 nitrogen and oxygen atoms in total. The van der Waals surface area contributed by atoms with Crippen LogP contribution < -0.4 is 0 Å². The van der Waals surface area contributed by atoms with Crippen LogP contribution in [0.4, 0.5) is 0 Å². The third kappa shape index (κ3) is 4.75. The van der Waals surface area contributed by atoms with Gasteiger partial charge in [-0.05, 0) is 41.8 Å². The van der Waals surface area contributed by atoms with E-state index < -0.39 is 17.7 Å². The first-order valence-corrected chi connectivity index (χ1v) is 11.2. The molecule has 0 aliphatic carbocycles. The van der Waals surface area contributed by atoms with Crippen molar-refractivity contribution in [1.82, 2.24) is 14.8 Å². The SMILES string of the molecule is CCN(CC)CCN1C(=O)C(=O)/C(=C(/O)c2ccncc2)C1c1ccc(C(C)(C)C)cc1. The molecule has 32 heavy (non-hydrogen) atoms. The highest BCUT2D eigenvalue weighted by Crippen LogP contribution is 2.39. The molecule has 1 aromatic carbocycles. The van der Waals surface area contributed by atoms with Crippen LogP contribution in [0.25, 0.3) is 5.76 Å². The fourth-order valence-corrected chi connectivity index (χ4v) is 4.08. The van der Waals surface area contributed by atoms with E-state index in [1.807, 2.05) is 24.3 Å². The molecule has 1 aliphatic rings. The normalized spacial score (nSPS) is 18.6. The number of ketones is 1. The molecule has 1 fully saturated rings. The van der Waals surface area contributed by atoms with E-state index in [-0.39, 0.29) is 16.7 Å². The van der Waals surface area contributed by atoms with Crippen LogP contribution in [-0.4, -0.2) is 57.8 Å². The Labute approximate surface area is 190 Å². The van der Waals surface area contributed by atoms with Crippen LogP contribution in [0.3, 0.4) is 0 Å². The van der Waals surface area contributed by atoms with Crippen molar-refractivity contribution < 1.29 is 14.7 Å². The first-order valence-electron chi connectivity index (χ1n) is 11.2. The monoisotopic (exact) mass is 435 g/mol. The van der Waals surface area contributed by atoms with Gasteiger partial charge < -0.3 is 14.9 Å². The average Bonchev–Trinajstić information content (AvgIpc) is 3.04. The largest absolute Gasteiger partial charge is 0.507 e. The molecule has 3 rings (SSSR count). The molecule has 170 valence electrons. The molecule has 2 aromatic rings. The smallest absolute Gasteiger partial charge is 0.295 e. The Balaban J connectivity index is 2.09. The number of amides is 1. The maximum Gasteiger partial charge on any atom is 0.295 e. The lowest BCUT2D eigenvalue weighted by atomic mass is 9.85. The highest BCUT2D eigenvalue weighted by molar-refractivity contribution is 6.46. The van der Waals surface area contributed by atoms with Crippen LogP contribution in [0, 0.1) is 0 Å². The topological polar surface area (TPSA) is 73.7 Å². The molecule has 1 saturated heterocycles. The number of nitrogens with zero attached hydrogens (tertiary/aromatic N) is 3. The van der Waals surface area contributed by atoms with Crippen LogP contribution >= 0.6 is 0 Å². The van der Waals surface area contributed by atoms with Gasteiger partial charge in [-0.1, -0.05) is 58.9 Å². The summed E-state index contributed by atoms with van der Waals surface area (Å²) in [6.07, 6.45) is 3.11. The quantitative estimate of drug-likeness (QED) is 0.402. The fraction of sp³-hybridized carbons (Fsp3) is 0.423. The molecule has 0 radical (unpaired) electrons. The van der Waals surface area contributed by atoms with Gasteiger partial charge in [-0.25, -0.2) is 0 Å². The maximum absolute atomic E-state index is 13.1. The second-order valence-electron chi connectivity index (χ2n) is 9.13. The molecule has 0 saturated carbocycles. The molecule has 1 aromatic heterocycles. The molecule has 1 amide bonds. The van der Waals surface area contributed by atoms with E-state index in [4.69, 9.17) is 0 Å². The standard InChI is InChI=1S/C26H33N3O3/c1-6-28(7-2)16-17-29-22(18-8-10-20(11-9-18)26(3,4)5)21(24(31)25(29)32)23(30)19-12-14-27-15-13-19/h8-15,22,30H,6-7,16-17H2,1-5H3/b23-21+. The Bertz CT molecular complexity index is 987. The van der Waals surface area contributed by atoms with Crippen molar-refractivity contribution in [2.75, 3.05) is 26.2 Å². The number of pyridine rings is 1. The fourth-order valence-electron chi connectivity index (χ4n) is 4.08. The number of carbonyl (C=O) groups is 2. The van der Waals surface area contributed by atoms with Crippen molar-refractivity contribution in [1.29, 1.82) is 0 Å². The molecular weight excluding hydrogens is 402 g/mol. The van der Waals surface area contributed by atoms with Crippen molar-refractivity contribution in [2.45, 2.75) is 46.1 Å². The number of aliphatic hydroxyl groups excluding tert-OH is 1. The summed E-state index contributed by atoms with van der Waals surface area (Å²) in [6.45, 7) is 13.4. The molecular formula is C26H33N3O3. The lowest BCUT2D eigenvalue weighted by molar-refractivity contribution is -0.140. The zero-order chi connectivity index (χ0) is 23.5. The molecule has 1 aliphatic heterocycles. The summed E-state index contributed by atoms with van der Waals surface area (Å²) < 4.78 is 0. The number of hydrogen-bond acceptors (Lipinski definition) is 5. The van der Waals surface area contributed by atoms with Gasteiger partial charge in [0.05, 0.1) is 11.6 Å². The van der Waals surface area contributed by atoms with Crippen molar-refractivity contribution in [3.8, 4) is 0 Å². The van der Waals surface area contributed by atoms with E-state index in [1.165, 1.54) is 0 Å². The predicted molar refractivity (Wildman–Crippen MR) is 126 cm³/mol. The minimum absolute atomic E-state index is 0.0138. The minimum Gasteiger partial charge on any atom is -0.507 e. The second-order valence-corrected chi connectivity index (χ2v) is 9.13. The van der Waals surface area contributed by atoms with Crippen LogP contribution in [0.5, 0.6) is 0 Å². The van der Waals surface area contributed by atoms with E-state index in [2.05, 4.69) is 44.5 Å². The third-order valence-electron chi connectivity index (χ3n) is 6.14. The zero-order valence-corrected chi connectivity index (χ0v) is 19.6. The minimum atomic E-state index is -0.649. The molecule has 0 spiro atoms. The van der Waals surface area contributed by atoms with Gasteiger partial charge in [0, 0.05) is 31.0 Å². The van der Waals surface area contributed by atoms with Gasteiger partial charge in [0.25, 0.3) is 11.7 Å². The van der Waals surface area contributed by atoms with Crippen molar-refractivity contribution in [3.63, 3.8) is 0 Å². The van der Waals surface area contributed by atoms with Crippen LogP contribution in [-0.2, 0) is 15.0 Å². The van der Waals surface area contributed by atoms with Crippen molar-refractivity contribution in [2.24, 2.45) is 0 Å². The van der Waals surface area contributed by atoms with Crippen LogP contribution in [0.2, 0.25) is 0 Å².